The summed E-state index contributed by atoms with van der Waals surface area (Å²) in [6, 6.07) is 1.02. The van der Waals surface area contributed by atoms with Crippen LogP contribution in [0.15, 0.2) is 0 Å². The Balaban J connectivity index is 1.80. The second-order valence-corrected chi connectivity index (χ2v) is 5.73. The molecule has 1 aliphatic heterocycles. The molecule has 3 heteroatoms. The zero-order valence-electron chi connectivity index (χ0n) is 9.77. The Morgan fingerprint density at radius 2 is 1.81 bits per heavy atom. The highest BCUT2D eigenvalue weighted by molar-refractivity contribution is 5.74. The minimum atomic E-state index is -0.582. The van der Waals surface area contributed by atoms with E-state index in [9.17, 15) is 9.90 Å². The van der Waals surface area contributed by atoms with Gasteiger partial charge in [-0.25, -0.2) is 0 Å². The van der Waals surface area contributed by atoms with Crippen LogP contribution >= 0.6 is 0 Å². The zero-order chi connectivity index (χ0) is 11.1. The van der Waals surface area contributed by atoms with E-state index in [0.29, 0.717) is 18.0 Å². The van der Waals surface area contributed by atoms with Gasteiger partial charge < -0.3 is 5.11 Å². The largest absolute Gasteiger partial charge is 0.480 e. The molecular formula is C13H21NO2. The fraction of sp³-hybridized carbons (Fsp3) is 0.923. The van der Waals surface area contributed by atoms with Crippen molar-refractivity contribution < 1.29 is 9.90 Å². The predicted octanol–water partition coefficient (Wildman–Crippen LogP) is 2.26. The summed E-state index contributed by atoms with van der Waals surface area (Å²) in [5.41, 5.74) is 0. The van der Waals surface area contributed by atoms with E-state index in [0.717, 1.165) is 6.42 Å². The maximum atomic E-state index is 11.4. The van der Waals surface area contributed by atoms with Crippen LogP contribution in [0.5, 0.6) is 0 Å². The molecule has 2 aliphatic carbocycles. The first kappa shape index (κ1) is 10.6. The lowest BCUT2D eigenvalue weighted by Gasteiger charge is -2.42. The molecule has 0 amide bonds. The van der Waals surface area contributed by atoms with Gasteiger partial charge in [-0.2, -0.15) is 0 Å². The third kappa shape index (κ3) is 1.56. The van der Waals surface area contributed by atoms with Crippen LogP contribution in [0.3, 0.4) is 0 Å². The fourth-order valence-electron chi connectivity index (χ4n) is 3.93. The van der Waals surface area contributed by atoms with Crippen molar-refractivity contribution in [3.05, 3.63) is 0 Å². The van der Waals surface area contributed by atoms with Crippen LogP contribution in [0.4, 0.5) is 0 Å². The lowest BCUT2D eigenvalue weighted by molar-refractivity contribution is -0.144. The first-order chi connectivity index (χ1) is 7.77. The summed E-state index contributed by atoms with van der Waals surface area (Å²) in [6.45, 7) is 0. The van der Waals surface area contributed by atoms with Gasteiger partial charge in [-0.3, -0.25) is 9.69 Å². The van der Waals surface area contributed by atoms with Crippen molar-refractivity contribution in [3.63, 3.8) is 0 Å². The quantitative estimate of drug-likeness (QED) is 0.780. The Bertz CT molecular complexity index is 288. The number of likely N-dealkylation sites (tertiary alicyclic amines) is 1. The highest BCUT2D eigenvalue weighted by Crippen LogP contribution is 2.44. The lowest BCUT2D eigenvalue weighted by Crippen LogP contribution is -2.51. The molecule has 3 unspecified atom stereocenters. The lowest BCUT2D eigenvalue weighted by atomic mass is 9.83. The normalized spacial score (nSPS) is 40.4. The molecule has 0 aromatic carbocycles. The molecular weight excluding hydrogens is 202 g/mol. The number of carboxylic acid groups (broad SMARTS) is 1. The van der Waals surface area contributed by atoms with Gasteiger partial charge in [-0.1, -0.05) is 19.3 Å². The number of rotatable bonds is 2. The minimum absolute atomic E-state index is 0.168. The third-order valence-electron chi connectivity index (χ3n) is 4.92. The van der Waals surface area contributed by atoms with Gasteiger partial charge in [0.2, 0.25) is 0 Å². The highest BCUT2D eigenvalue weighted by Gasteiger charge is 2.48. The van der Waals surface area contributed by atoms with Crippen LogP contribution in [0, 0.1) is 5.92 Å². The monoisotopic (exact) mass is 223 g/mol. The van der Waals surface area contributed by atoms with E-state index < -0.39 is 5.97 Å². The number of fused-ring (bicyclic) bond motifs is 1. The summed E-state index contributed by atoms with van der Waals surface area (Å²) < 4.78 is 0. The van der Waals surface area contributed by atoms with E-state index in [1.807, 2.05) is 0 Å². The van der Waals surface area contributed by atoms with E-state index in [-0.39, 0.29) is 6.04 Å². The molecule has 3 fully saturated rings. The van der Waals surface area contributed by atoms with Crippen molar-refractivity contribution in [2.75, 3.05) is 0 Å². The summed E-state index contributed by atoms with van der Waals surface area (Å²) in [5, 5.41) is 9.36. The SMILES string of the molecule is O=C(O)C1CC2CCCCC2N1C1CCC1. The Labute approximate surface area is 96.8 Å². The number of carbonyl (C=O) groups is 1. The molecule has 1 heterocycles. The Kier molecular flexibility index (Phi) is 2.66. The van der Waals surface area contributed by atoms with Crippen LogP contribution in [0.1, 0.15) is 51.4 Å². The Hall–Kier alpha value is -0.570. The molecule has 3 rings (SSSR count). The van der Waals surface area contributed by atoms with E-state index in [1.54, 1.807) is 0 Å². The van der Waals surface area contributed by atoms with Crippen molar-refractivity contribution in [2.45, 2.75) is 69.5 Å². The molecule has 0 bridgehead atoms. The van der Waals surface area contributed by atoms with E-state index in [2.05, 4.69) is 4.90 Å². The number of carboxylic acids is 1. The molecule has 0 spiro atoms. The van der Waals surface area contributed by atoms with Gasteiger partial charge in [0.15, 0.2) is 0 Å². The van der Waals surface area contributed by atoms with E-state index in [1.165, 1.54) is 44.9 Å². The highest BCUT2D eigenvalue weighted by atomic mass is 16.4. The predicted molar refractivity (Wildman–Crippen MR) is 61.3 cm³/mol. The van der Waals surface area contributed by atoms with E-state index in [4.69, 9.17) is 0 Å². The van der Waals surface area contributed by atoms with Gasteiger partial charge in [0.25, 0.3) is 0 Å². The van der Waals surface area contributed by atoms with Crippen molar-refractivity contribution >= 4 is 5.97 Å². The van der Waals surface area contributed by atoms with Crippen molar-refractivity contribution in [2.24, 2.45) is 5.92 Å². The smallest absolute Gasteiger partial charge is 0.320 e. The van der Waals surface area contributed by atoms with Crippen LogP contribution in [-0.2, 0) is 4.79 Å². The van der Waals surface area contributed by atoms with Gasteiger partial charge >= 0.3 is 5.97 Å². The van der Waals surface area contributed by atoms with Gasteiger partial charge in [0.1, 0.15) is 6.04 Å². The molecule has 1 saturated heterocycles. The molecule has 0 aromatic heterocycles. The maximum absolute atomic E-state index is 11.4. The molecule has 3 nitrogen and oxygen atoms in total. The average molecular weight is 223 g/mol. The summed E-state index contributed by atoms with van der Waals surface area (Å²) in [4.78, 5) is 13.7. The molecule has 0 aromatic rings. The Morgan fingerprint density at radius 1 is 1.06 bits per heavy atom. The molecule has 3 aliphatic rings. The van der Waals surface area contributed by atoms with Crippen molar-refractivity contribution in [3.8, 4) is 0 Å². The number of nitrogens with zero attached hydrogens (tertiary/aromatic N) is 1. The van der Waals surface area contributed by atoms with Gasteiger partial charge in [0.05, 0.1) is 0 Å². The number of hydrogen-bond acceptors (Lipinski definition) is 2. The summed E-state index contributed by atoms with van der Waals surface area (Å²) in [7, 11) is 0. The summed E-state index contributed by atoms with van der Waals surface area (Å²) >= 11 is 0. The molecule has 0 radical (unpaired) electrons. The van der Waals surface area contributed by atoms with Crippen LogP contribution in [0.25, 0.3) is 0 Å². The van der Waals surface area contributed by atoms with Crippen molar-refractivity contribution in [1.82, 2.24) is 4.90 Å². The molecule has 3 atom stereocenters. The minimum Gasteiger partial charge on any atom is -0.480 e. The standard InChI is InChI=1S/C13H21NO2/c15-13(16)12-8-9-4-1-2-7-11(9)14(12)10-5-3-6-10/h9-12H,1-8H2,(H,15,16). The first-order valence-electron chi connectivity index (χ1n) is 6.77. The fourth-order valence-corrected chi connectivity index (χ4v) is 3.93. The van der Waals surface area contributed by atoms with Gasteiger partial charge in [-0.05, 0) is 38.0 Å². The van der Waals surface area contributed by atoms with Crippen LogP contribution < -0.4 is 0 Å². The first-order valence-corrected chi connectivity index (χ1v) is 6.77. The van der Waals surface area contributed by atoms with Crippen molar-refractivity contribution in [1.29, 1.82) is 0 Å². The number of aliphatic carboxylic acids is 1. The summed E-state index contributed by atoms with van der Waals surface area (Å²) in [6.07, 6.45) is 9.78. The maximum Gasteiger partial charge on any atom is 0.320 e. The topological polar surface area (TPSA) is 40.5 Å². The molecule has 16 heavy (non-hydrogen) atoms. The Morgan fingerprint density at radius 3 is 2.44 bits per heavy atom. The average Bonchev–Trinajstić information content (AvgIpc) is 2.56. The van der Waals surface area contributed by atoms with Gasteiger partial charge in [0, 0.05) is 12.1 Å². The van der Waals surface area contributed by atoms with Crippen LogP contribution in [0.2, 0.25) is 0 Å². The van der Waals surface area contributed by atoms with Gasteiger partial charge in [-0.15, -0.1) is 0 Å². The number of hydrogen-bond donors (Lipinski definition) is 1. The molecule has 90 valence electrons. The third-order valence-corrected chi connectivity index (χ3v) is 4.92. The molecule has 2 saturated carbocycles. The second kappa shape index (κ2) is 4.02. The summed E-state index contributed by atoms with van der Waals surface area (Å²) in [5.74, 6) is 0.0942. The van der Waals surface area contributed by atoms with Crippen LogP contribution in [-0.4, -0.2) is 34.1 Å². The zero-order valence-corrected chi connectivity index (χ0v) is 9.77. The molecule has 1 N–H and O–H groups in total. The van der Waals surface area contributed by atoms with E-state index >= 15 is 0 Å². The second-order valence-electron chi connectivity index (χ2n) is 5.73.